The molecule has 2 saturated heterocycles. The van der Waals surface area contributed by atoms with E-state index in [1.165, 1.54) is 12.8 Å². The van der Waals surface area contributed by atoms with Gasteiger partial charge in [0.05, 0.1) is 16.6 Å². The van der Waals surface area contributed by atoms with Gasteiger partial charge in [0.15, 0.2) is 0 Å². The number of hydrogen-bond donors (Lipinski definition) is 2. The van der Waals surface area contributed by atoms with Crippen LogP contribution in [0.1, 0.15) is 12.8 Å². The Morgan fingerprint density at radius 2 is 2.19 bits per heavy atom. The summed E-state index contributed by atoms with van der Waals surface area (Å²) >= 11 is 11.8. The molecule has 114 valence electrons. The molecule has 21 heavy (non-hydrogen) atoms. The third kappa shape index (κ3) is 3.69. The molecule has 2 atom stereocenters. The summed E-state index contributed by atoms with van der Waals surface area (Å²) in [6.07, 6.45) is 2.51. The molecule has 0 spiro atoms. The standard InChI is InChI=1S/C15H19Cl2N3O/c16-12-4-3-11(6-13(12)17)19-15(21)9-20-7-10-2-1-5-18-14(10)8-20/h3-4,6,10,14,18H,1-2,5,7-9H2,(H,19,21). The Bertz CT molecular complexity index is 524. The zero-order valence-electron chi connectivity index (χ0n) is 11.7. The highest BCUT2D eigenvalue weighted by atomic mass is 35.5. The van der Waals surface area contributed by atoms with E-state index in [1.807, 2.05) is 0 Å². The fourth-order valence-electron chi connectivity index (χ4n) is 3.24. The number of carbonyl (C=O) groups is 1. The van der Waals surface area contributed by atoms with E-state index in [1.54, 1.807) is 18.2 Å². The van der Waals surface area contributed by atoms with Crippen LogP contribution in [0.25, 0.3) is 0 Å². The number of rotatable bonds is 3. The van der Waals surface area contributed by atoms with Gasteiger partial charge in [-0.25, -0.2) is 0 Å². The number of carbonyl (C=O) groups excluding carboxylic acids is 1. The van der Waals surface area contributed by atoms with Gasteiger partial charge in [0.25, 0.3) is 0 Å². The molecule has 0 bridgehead atoms. The number of piperidine rings is 1. The molecule has 2 unspecified atom stereocenters. The number of nitrogens with zero attached hydrogens (tertiary/aromatic N) is 1. The maximum atomic E-state index is 12.1. The van der Waals surface area contributed by atoms with E-state index < -0.39 is 0 Å². The van der Waals surface area contributed by atoms with Gasteiger partial charge in [0.2, 0.25) is 5.91 Å². The van der Waals surface area contributed by atoms with Crippen molar-refractivity contribution in [2.45, 2.75) is 18.9 Å². The molecule has 2 aliphatic rings. The number of nitrogens with one attached hydrogen (secondary N) is 2. The van der Waals surface area contributed by atoms with Crippen molar-refractivity contribution in [1.82, 2.24) is 10.2 Å². The SMILES string of the molecule is O=C(CN1CC2CCCNC2C1)Nc1ccc(Cl)c(Cl)c1. The van der Waals surface area contributed by atoms with Gasteiger partial charge < -0.3 is 10.6 Å². The molecule has 1 aromatic rings. The summed E-state index contributed by atoms with van der Waals surface area (Å²) in [6, 6.07) is 5.68. The number of amides is 1. The molecule has 1 amide bonds. The molecule has 0 aromatic heterocycles. The van der Waals surface area contributed by atoms with Crippen molar-refractivity contribution in [2.75, 3.05) is 31.5 Å². The molecular weight excluding hydrogens is 309 g/mol. The van der Waals surface area contributed by atoms with Crippen molar-refractivity contribution < 1.29 is 4.79 Å². The normalized spacial score (nSPS) is 25.6. The van der Waals surface area contributed by atoms with Gasteiger partial charge in [0.1, 0.15) is 0 Å². The molecule has 2 heterocycles. The van der Waals surface area contributed by atoms with Crippen LogP contribution in [-0.2, 0) is 4.79 Å². The Balaban J connectivity index is 1.53. The lowest BCUT2D eigenvalue weighted by molar-refractivity contribution is -0.117. The fraction of sp³-hybridized carbons (Fsp3) is 0.533. The number of anilines is 1. The van der Waals surface area contributed by atoms with E-state index in [-0.39, 0.29) is 5.91 Å². The van der Waals surface area contributed by atoms with Crippen LogP contribution in [0.2, 0.25) is 10.0 Å². The monoisotopic (exact) mass is 327 g/mol. The second kappa shape index (κ2) is 6.53. The second-order valence-electron chi connectivity index (χ2n) is 5.83. The van der Waals surface area contributed by atoms with Crippen LogP contribution in [-0.4, -0.2) is 43.0 Å². The van der Waals surface area contributed by atoms with Crippen LogP contribution < -0.4 is 10.6 Å². The lowest BCUT2D eigenvalue weighted by atomic mass is 9.94. The molecule has 4 nitrogen and oxygen atoms in total. The van der Waals surface area contributed by atoms with Gasteiger partial charge in [-0.2, -0.15) is 0 Å². The van der Waals surface area contributed by atoms with Crippen molar-refractivity contribution in [3.63, 3.8) is 0 Å². The molecule has 6 heteroatoms. The van der Waals surface area contributed by atoms with Crippen LogP contribution in [0.15, 0.2) is 18.2 Å². The number of fused-ring (bicyclic) bond motifs is 1. The zero-order chi connectivity index (χ0) is 14.8. The lowest BCUT2D eigenvalue weighted by Gasteiger charge is -2.24. The van der Waals surface area contributed by atoms with Gasteiger partial charge in [-0.05, 0) is 43.5 Å². The first-order valence-corrected chi connectivity index (χ1v) is 8.08. The van der Waals surface area contributed by atoms with Crippen LogP contribution in [0.5, 0.6) is 0 Å². The predicted molar refractivity (Wildman–Crippen MR) is 86.0 cm³/mol. The van der Waals surface area contributed by atoms with Crippen LogP contribution in [0.3, 0.4) is 0 Å². The summed E-state index contributed by atoms with van der Waals surface area (Å²) < 4.78 is 0. The molecule has 0 radical (unpaired) electrons. The highest BCUT2D eigenvalue weighted by molar-refractivity contribution is 6.42. The number of benzene rings is 1. The molecule has 2 fully saturated rings. The average molecular weight is 328 g/mol. The maximum absolute atomic E-state index is 12.1. The third-order valence-corrected chi connectivity index (χ3v) is 4.98. The van der Waals surface area contributed by atoms with E-state index in [0.717, 1.165) is 19.6 Å². The van der Waals surface area contributed by atoms with E-state index in [2.05, 4.69) is 15.5 Å². The molecule has 0 aliphatic carbocycles. The maximum Gasteiger partial charge on any atom is 0.238 e. The Morgan fingerprint density at radius 1 is 1.33 bits per heavy atom. The van der Waals surface area contributed by atoms with Crippen molar-refractivity contribution in [2.24, 2.45) is 5.92 Å². The molecule has 3 rings (SSSR count). The summed E-state index contributed by atoms with van der Waals surface area (Å²) in [7, 11) is 0. The summed E-state index contributed by atoms with van der Waals surface area (Å²) in [5, 5.41) is 7.36. The van der Waals surface area contributed by atoms with Crippen molar-refractivity contribution in [3.05, 3.63) is 28.2 Å². The van der Waals surface area contributed by atoms with E-state index in [9.17, 15) is 4.79 Å². The topological polar surface area (TPSA) is 44.4 Å². The highest BCUT2D eigenvalue weighted by Crippen LogP contribution is 2.26. The summed E-state index contributed by atoms with van der Waals surface area (Å²) in [4.78, 5) is 14.3. The van der Waals surface area contributed by atoms with Crippen molar-refractivity contribution >= 4 is 34.8 Å². The third-order valence-electron chi connectivity index (χ3n) is 4.25. The molecule has 0 saturated carbocycles. The minimum absolute atomic E-state index is 0.00737. The zero-order valence-corrected chi connectivity index (χ0v) is 13.3. The largest absolute Gasteiger partial charge is 0.325 e. The minimum atomic E-state index is -0.00737. The number of likely N-dealkylation sites (tertiary alicyclic amines) is 1. The molecule has 1 aromatic carbocycles. The quantitative estimate of drug-likeness (QED) is 0.896. The summed E-state index contributed by atoms with van der Waals surface area (Å²) in [5.41, 5.74) is 0.684. The Kier molecular flexibility index (Phi) is 4.69. The van der Waals surface area contributed by atoms with Gasteiger partial charge in [-0.3, -0.25) is 9.69 Å². The Hall–Kier alpha value is -0.810. The number of halogens is 2. The molecular formula is C15H19Cl2N3O. The van der Waals surface area contributed by atoms with Gasteiger partial charge in [-0.15, -0.1) is 0 Å². The van der Waals surface area contributed by atoms with Gasteiger partial charge in [-0.1, -0.05) is 23.2 Å². The second-order valence-corrected chi connectivity index (χ2v) is 6.65. The van der Waals surface area contributed by atoms with Crippen molar-refractivity contribution in [3.8, 4) is 0 Å². The first-order chi connectivity index (χ1) is 10.1. The summed E-state index contributed by atoms with van der Waals surface area (Å²) in [6.45, 7) is 3.49. The number of hydrogen-bond acceptors (Lipinski definition) is 3. The molecule has 2 N–H and O–H groups in total. The van der Waals surface area contributed by atoms with Gasteiger partial charge >= 0.3 is 0 Å². The molecule has 2 aliphatic heterocycles. The fourth-order valence-corrected chi connectivity index (χ4v) is 3.54. The van der Waals surface area contributed by atoms with Crippen LogP contribution in [0, 0.1) is 5.92 Å². The highest BCUT2D eigenvalue weighted by Gasteiger charge is 2.34. The smallest absolute Gasteiger partial charge is 0.238 e. The van der Waals surface area contributed by atoms with Crippen LogP contribution >= 0.6 is 23.2 Å². The Morgan fingerprint density at radius 3 is 2.95 bits per heavy atom. The average Bonchev–Trinajstić information content (AvgIpc) is 2.84. The first-order valence-electron chi connectivity index (χ1n) is 7.32. The van der Waals surface area contributed by atoms with E-state index in [0.29, 0.717) is 34.2 Å². The van der Waals surface area contributed by atoms with E-state index >= 15 is 0 Å². The lowest BCUT2D eigenvalue weighted by Crippen LogP contribution is -2.41. The predicted octanol–water partition coefficient (Wildman–Crippen LogP) is 2.62. The van der Waals surface area contributed by atoms with Crippen molar-refractivity contribution in [1.29, 1.82) is 0 Å². The first kappa shape index (κ1) is 15.1. The van der Waals surface area contributed by atoms with Crippen LogP contribution in [0.4, 0.5) is 5.69 Å². The minimum Gasteiger partial charge on any atom is -0.325 e. The Labute approximate surface area is 134 Å². The van der Waals surface area contributed by atoms with Gasteiger partial charge in [0, 0.05) is 24.8 Å². The van der Waals surface area contributed by atoms with E-state index in [4.69, 9.17) is 23.2 Å². The summed E-state index contributed by atoms with van der Waals surface area (Å²) in [5.74, 6) is 0.684.